The van der Waals surface area contributed by atoms with Gasteiger partial charge in [-0.15, -0.1) is 0 Å². The molecule has 0 aliphatic carbocycles. The van der Waals surface area contributed by atoms with Crippen LogP contribution in [0.15, 0.2) is 30.6 Å². The zero-order valence-electron chi connectivity index (χ0n) is 8.51. The maximum absolute atomic E-state index is 13.1. The summed E-state index contributed by atoms with van der Waals surface area (Å²) in [5.41, 5.74) is 1.11. The van der Waals surface area contributed by atoms with Crippen LogP contribution in [0.5, 0.6) is 0 Å². The molecule has 4 nitrogen and oxygen atoms in total. The van der Waals surface area contributed by atoms with Gasteiger partial charge in [0, 0.05) is 6.20 Å². The first-order valence-corrected chi connectivity index (χ1v) is 4.62. The van der Waals surface area contributed by atoms with E-state index in [2.05, 4.69) is 5.10 Å². The molecule has 2 aromatic rings. The van der Waals surface area contributed by atoms with Crippen LogP contribution in [0.2, 0.25) is 0 Å². The Bertz CT molecular complexity index is 549. The Morgan fingerprint density at radius 2 is 2.25 bits per heavy atom. The number of halogens is 1. The van der Waals surface area contributed by atoms with Gasteiger partial charge >= 0.3 is 5.97 Å². The van der Waals surface area contributed by atoms with Gasteiger partial charge in [0.05, 0.1) is 17.4 Å². The summed E-state index contributed by atoms with van der Waals surface area (Å²) in [6, 6.07) is 3.86. The first kappa shape index (κ1) is 10.4. The van der Waals surface area contributed by atoms with Gasteiger partial charge in [0.2, 0.25) is 0 Å². The Kier molecular flexibility index (Phi) is 2.44. The predicted molar refractivity (Wildman–Crippen MR) is 55.2 cm³/mol. The molecule has 0 unspecified atom stereocenters. The standard InChI is InChI=1S/C11H9FN2O2/c1-7-5-13-14(6-7)8-2-3-10(12)9(4-8)11(15)16/h2-6H,1H3,(H,15,16). The largest absolute Gasteiger partial charge is 0.478 e. The molecular formula is C11H9FN2O2. The maximum atomic E-state index is 13.1. The molecule has 0 amide bonds. The highest BCUT2D eigenvalue weighted by Crippen LogP contribution is 2.14. The molecule has 1 aromatic heterocycles. The van der Waals surface area contributed by atoms with Crippen molar-refractivity contribution < 1.29 is 14.3 Å². The van der Waals surface area contributed by atoms with Crippen LogP contribution in [0.25, 0.3) is 5.69 Å². The van der Waals surface area contributed by atoms with Crippen molar-refractivity contribution >= 4 is 5.97 Å². The summed E-state index contributed by atoms with van der Waals surface area (Å²) in [6.45, 7) is 1.87. The Hall–Kier alpha value is -2.17. The van der Waals surface area contributed by atoms with Gasteiger partial charge < -0.3 is 5.11 Å². The highest BCUT2D eigenvalue weighted by atomic mass is 19.1. The van der Waals surface area contributed by atoms with E-state index in [1.165, 1.54) is 16.8 Å². The molecule has 0 fully saturated rings. The van der Waals surface area contributed by atoms with Crippen molar-refractivity contribution in [3.8, 4) is 5.69 Å². The van der Waals surface area contributed by atoms with E-state index in [4.69, 9.17) is 5.11 Å². The topological polar surface area (TPSA) is 55.1 Å². The smallest absolute Gasteiger partial charge is 0.338 e. The van der Waals surface area contributed by atoms with E-state index in [1.807, 2.05) is 6.92 Å². The van der Waals surface area contributed by atoms with Crippen LogP contribution in [0, 0.1) is 12.7 Å². The van der Waals surface area contributed by atoms with Crippen molar-refractivity contribution in [3.05, 3.63) is 47.5 Å². The minimum absolute atomic E-state index is 0.356. The van der Waals surface area contributed by atoms with Crippen molar-refractivity contribution in [1.82, 2.24) is 9.78 Å². The van der Waals surface area contributed by atoms with Crippen molar-refractivity contribution in [1.29, 1.82) is 0 Å². The van der Waals surface area contributed by atoms with Crippen molar-refractivity contribution in [2.75, 3.05) is 0 Å². The monoisotopic (exact) mass is 220 g/mol. The molecule has 1 heterocycles. The van der Waals surface area contributed by atoms with Gasteiger partial charge in [-0.25, -0.2) is 13.9 Å². The van der Waals surface area contributed by atoms with Crippen LogP contribution in [-0.4, -0.2) is 20.9 Å². The SMILES string of the molecule is Cc1cnn(-c2ccc(F)c(C(=O)O)c2)c1. The van der Waals surface area contributed by atoms with Gasteiger partial charge in [0.25, 0.3) is 0 Å². The number of carbonyl (C=O) groups is 1. The zero-order chi connectivity index (χ0) is 11.7. The Morgan fingerprint density at radius 1 is 1.50 bits per heavy atom. The molecule has 0 atom stereocenters. The Labute approximate surface area is 90.9 Å². The number of hydrogen-bond donors (Lipinski definition) is 1. The average molecular weight is 220 g/mol. The molecule has 0 aliphatic heterocycles. The van der Waals surface area contributed by atoms with Crippen LogP contribution in [0.4, 0.5) is 4.39 Å². The molecule has 0 spiro atoms. The lowest BCUT2D eigenvalue weighted by Crippen LogP contribution is -2.03. The number of rotatable bonds is 2. The van der Waals surface area contributed by atoms with E-state index in [1.54, 1.807) is 12.4 Å². The van der Waals surface area contributed by atoms with E-state index in [-0.39, 0.29) is 5.56 Å². The molecular weight excluding hydrogens is 211 g/mol. The fourth-order valence-electron chi connectivity index (χ4n) is 1.37. The molecule has 5 heteroatoms. The Balaban J connectivity index is 2.51. The van der Waals surface area contributed by atoms with Gasteiger partial charge in [-0.05, 0) is 30.7 Å². The highest BCUT2D eigenvalue weighted by molar-refractivity contribution is 5.88. The molecule has 0 bridgehead atoms. The highest BCUT2D eigenvalue weighted by Gasteiger charge is 2.11. The third-order valence-corrected chi connectivity index (χ3v) is 2.16. The Morgan fingerprint density at radius 3 is 2.81 bits per heavy atom. The molecule has 1 aromatic carbocycles. The molecule has 16 heavy (non-hydrogen) atoms. The van der Waals surface area contributed by atoms with Crippen LogP contribution in [0.3, 0.4) is 0 Å². The average Bonchev–Trinajstić information content (AvgIpc) is 2.65. The number of carboxylic acid groups (broad SMARTS) is 1. The van der Waals surface area contributed by atoms with Gasteiger partial charge in [-0.1, -0.05) is 0 Å². The summed E-state index contributed by atoms with van der Waals surface area (Å²) >= 11 is 0. The summed E-state index contributed by atoms with van der Waals surface area (Å²) in [5, 5.41) is 12.8. The number of hydrogen-bond acceptors (Lipinski definition) is 2. The van der Waals surface area contributed by atoms with Crippen LogP contribution < -0.4 is 0 Å². The first-order valence-electron chi connectivity index (χ1n) is 4.62. The summed E-state index contributed by atoms with van der Waals surface area (Å²) in [4.78, 5) is 10.7. The normalized spacial score (nSPS) is 10.4. The zero-order valence-corrected chi connectivity index (χ0v) is 8.51. The molecule has 0 saturated heterocycles. The minimum atomic E-state index is -1.29. The summed E-state index contributed by atoms with van der Waals surface area (Å²) in [6.07, 6.45) is 3.38. The van der Waals surface area contributed by atoms with Gasteiger partial charge in [0.1, 0.15) is 5.82 Å². The van der Waals surface area contributed by atoms with Crippen LogP contribution >= 0.6 is 0 Å². The molecule has 0 aliphatic rings. The number of nitrogens with zero attached hydrogens (tertiary/aromatic N) is 2. The fourth-order valence-corrected chi connectivity index (χ4v) is 1.37. The summed E-state index contributed by atoms with van der Waals surface area (Å²) in [7, 11) is 0. The summed E-state index contributed by atoms with van der Waals surface area (Å²) in [5.74, 6) is -2.04. The van der Waals surface area contributed by atoms with Crippen molar-refractivity contribution in [2.45, 2.75) is 6.92 Å². The van der Waals surface area contributed by atoms with Crippen LogP contribution in [0.1, 0.15) is 15.9 Å². The van der Waals surface area contributed by atoms with E-state index in [0.29, 0.717) is 5.69 Å². The molecule has 1 N–H and O–H groups in total. The number of aromatic nitrogens is 2. The molecule has 0 radical (unpaired) electrons. The number of aryl methyl sites for hydroxylation is 1. The van der Waals surface area contributed by atoms with Crippen molar-refractivity contribution in [2.24, 2.45) is 0 Å². The van der Waals surface area contributed by atoms with Crippen LogP contribution in [-0.2, 0) is 0 Å². The second-order valence-corrected chi connectivity index (χ2v) is 3.43. The fraction of sp³-hybridized carbons (Fsp3) is 0.0909. The number of aromatic carboxylic acids is 1. The van der Waals surface area contributed by atoms with E-state index in [0.717, 1.165) is 11.6 Å². The molecule has 0 saturated carbocycles. The predicted octanol–water partition coefficient (Wildman–Crippen LogP) is 2.02. The van der Waals surface area contributed by atoms with Gasteiger partial charge in [-0.2, -0.15) is 5.10 Å². The lowest BCUT2D eigenvalue weighted by molar-refractivity contribution is 0.0692. The lowest BCUT2D eigenvalue weighted by atomic mass is 10.2. The number of carboxylic acids is 1. The van der Waals surface area contributed by atoms with Gasteiger partial charge in [-0.3, -0.25) is 0 Å². The van der Waals surface area contributed by atoms with Gasteiger partial charge in [0.15, 0.2) is 0 Å². The van der Waals surface area contributed by atoms with Crippen molar-refractivity contribution in [3.63, 3.8) is 0 Å². The second kappa shape index (κ2) is 3.77. The second-order valence-electron chi connectivity index (χ2n) is 3.43. The minimum Gasteiger partial charge on any atom is -0.478 e. The maximum Gasteiger partial charge on any atom is 0.338 e. The lowest BCUT2D eigenvalue weighted by Gasteiger charge is -2.03. The molecule has 82 valence electrons. The number of benzene rings is 1. The summed E-state index contributed by atoms with van der Waals surface area (Å²) < 4.78 is 14.6. The first-order chi connectivity index (χ1) is 7.58. The van der Waals surface area contributed by atoms with E-state index >= 15 is 0 Å². The third-order valence-electron chi connectivity index (χ3n) is 2.16. The molecule has 2 rings (SSSR count). The van der Waals surface area contributed by atoms with E-state index in [9.17, 15) is 9.18 Å². The quantitative estimate of drug-likeness (QED) is 0.842. The third kappa shape index (κ3) is 1.79. The van der Waals surface area contributed by atoms with E-state index < -0.39 is 11.8 Å².